The molecule has 1 heterocycles. The molecule has 1 fully saturated rings. The van der Waals surface area contributed by atoms with Gasteiger partial charge < -0.3 is 9.47 Å². The van der Waals surface area contributed by atoms with Gasteiger partial charge in [-0.05, 0) is 53.2 Å². The van der Waals surface area contributed by atoms with Crippen LogP contribution in [0.4, 0.5) is 4.79 Å². The summed E-state index contributed by atoms with van der Waals surface area (Å²) < 4.78 is 9.80. The molecule has 2 aromatic carbocycles. The van der Waals surface area contributed by atoms with E-state index in [9.17, 15) is 14.4 Å². The van der Waals surface area contributed by atoms with Crippen LogP contribution in [0.3, 0.4) is 0 Å². The minimum atomic E-state index is -0.467. The summed E-state index contributed by atoms with van der Waals surface area (Å²) in [6.07, 6.45) is 1.68. The van der Waals surface area contributed by atoms with Gasteiger partial charge in [0.2, 0.25) is 0 Å². The third-order valence-corrected chi connectivity index (χ3v) is 4.88. The third-order valence-electron chi connectivity index (χ3n) is 3.98. The van der Waals surface area contributed by atoms with E-state index in [1.807, 2.05) is 12.1 Å². The van der Waals surface area contributed by atoms with Crippen LogP contribution in [0.1, 0.15) is 21.5 Å². The second-order valence-corrected chi connectivity index (χ2v) is 6.73. The van der Waals surface area contributed by atoms with Gasteiger partial charge in [0.15, 0.2) is 0 Å². The molecule has 0 aliphatic carbocycles. The predicted molar refractivity (Wildman–Crippen MR) is 102 cm³/mol. The molecular formula is C20H17NO5S. The van der Waals surface area contributed by atoms with Crippen molar-refractivity contribution in [1.82, 2.24) is 4.90 Å². The van der Waals surface area contributed by atoms with Crippen LogP contribution in [0.5, 0.6) is 5.75 Å². The number of imide groups is 1. The Morgan fingerprint density at radius 3 is 2.52 bits per heavy atom. The molecule has 1 aliphatic heterocycles. The number of methoxy groups -OCH3 is 2. The van der Waals surface area contributed by atoms with Gasteiger partial charge in [-0.25, -0.2) is 4.79 Å². The molecule has 6 nitrogen and oxygen atoms in total. The number of benzene rings is 2. The Labute approximate surface area is 160 Å². The first-order valence-corrected chi connectivity index (χ1v) is 8.90. The molecular weight excluding hydrogens is 366 g/mol. The first kappa shape index (κ1) is 18.7. The summed E-state index contributed by atoms with van der Waals surface area (Å²) in [6.45, 7) is 0.0927. The Kier molecular flexibility index (Phi) is 5.61. The van der Waals surface area contributed by atoms with Crippen molar-refractivity contribution < 1.29 is 23.9 Å². The average molecular weight is 383 g/mol. The van der Waals surface area contributed by atoms with Gasteiger partial charge in [0.1, 0.15) is 5.75 Å². The average Bonchev–Trinajstić information content (AvgIpc) is 2.95. The second-order valence-electron chi connectivity index (χ2n) is 5.73. The summed E-state index contributed by atoms with van der Waals surface area (Å²) in [5, 5.41) is -0.344. The lowest BCUT2D eigenvalue weighted by Crippen LogP contribution is -2.27. The number of rotatable bonds is 5. The minimum Gasteiger partial charge on any atom is -0.497 e. The molecule has 0 saturated carbocycles. The van der Waals surface area contributed by atoms with Gasteiger partial charge in [-0.2, -0.15) is 0 Å². The summed E-state index contributed by atoms with van der Waals surface area (Å²) in [4.78, 5) is 38.1. The molecule has 2 aromatic rings. The van der Waals surface area contributed by atoms with Crippen LogP contribution in [0, 0.1) is 0 Å². The molecule has 2 amide bonds. The van der Waals surface area contributed by atoms with Crippen molar-refractivity contribution in [3.8, 4) is 5.75 Å². The van der Waals surface area contributed by atoms with Crippen molar-refractivity contribution in [3.05, 3.63) is 70.1 Å². The fourth-order valence-corrected chi connectivity index (χ4v) is 3.42. The first-order chi connectivity index (χ1) is 13.0. The summed E-state index contributed by atoms with van der Waals surface area (Å²) >= 11 is 0.896. The molecule has 0 unspecified atom stereocenters. The van der Waals surface area contributed by atoms with E-state index >= 15 is 0 Å². The lowest BCUT2D eigenvalue weighted by molar-refractivity contribution is -0.123. The van der Waals surface area contributed by atoms with E-state index in [2.05, 4.69) is 0 Å². The summed E-state index contributed by atoms with van der Waals surface area (Å²) in [7, 11) is 2.88. The van der Waals surface area contributed by atoms with E-state index in [1.54, 1.807) is 49.6 Å². The van der Waals surface area contributed by atoms with E-state index in [4.69, 9.17) is 9.47 Å². The molecule has 7 heteroatoms. The van der Waals surface area contributed by atoms with Crippen LogP contribution in [0.25, 0.3) is 6.08 Å². The van der Waals surface area contributed by atoms with Crippen LogP contribution in [0.2, 0.25) is 0 Å². The molecule has 0 spiro atoms. The monoisotopic (exact) mass is 383 g/mol. The number of thioether (sulfide) groups is 1. The molecule has 3 rings (SSSR count). The Balaban J connectivity index is 1.78. The molecule has 0 atom stereocenters. The van der Waals surface area contributed by atoms with Crippen molar-refractivity contribution in [3.63, 3.8) is 0 Å². The largest absolute Gasteiger partial charge is 0.497 e. The second kappa shape index (κ2) is 8.09. The Hall–Kier alpha value is -3.06. The van der Waals surface area contributed by atoms with Crippen molar-refractivity contribution >= 4 is 35.0 Å². The summed E-state index contributed by atoms with van der Waals surface area (Å²) in [5.41, 5.74) is 1.84. The zero-order valence-corrected chi connectivity index (χ0v) is 15.6. The van der Waals surface area contributed by atoms with Crippen LogP contribution < -0.4 is 4.74 Å². The van der Waals surface area contributed by atoms with Crippen molar-refractivity contribution in [2.75, 3.05) is 14.2 Å². The number of ether oxygens (including phenoxy) is 2. The Morgan fingerprint density at radius 1 is 1.11 bits per heavy atom. The van der Waals surface area contributed by atoms with Crippen molar-refractivity contribution in [2.24, 2.45) is 0 Å². The number of nitrogens with zero attached hydrogens (tertiary/aromatic N) is 1. The number of carbonyl (C=O) groups is 3. The van der Waals surface area contributed by atoms with E-state index in [1.165, 1.54) is 7.11 Å². The van der Waals surface area contributed by atoms with Crippen LogP contribution in [-0.2, 0) is 16.1 Å². The number of amides is 2. The number of esters is 1. The quantitative estimate of drug-likeness (QED) is 0.579. The van der Waals surface area contributed by atoms with Crippen molar-refractivity contribution in [2.45, 2.75) is 6.54 Å². The molecule has 138 valence electrons. The highest BCUT2D eigenvalue weighted by Gasteiger charge is 2.35. The molecule has 27 heavy (non-hydrogen) atoms. The van der Waals surface area contributed by atoms with E-state index < -0.39 is 5.97 Å². The summed E-state index contributed by atoms with van der Waals surface area (Å²) in [6, 6.07) is 13.9. The molecule has 0 N–H and O–H groups in total. The van der Waals surface area contributed by atoms with Crippen LogP contribution in [-0.4, -0.2) is 36.2 Å². The highest BCUT2D eigenvalue weighted by molar-refractivity contribution is 8.18. The molecule has 0 bridgehead atoms. The number of hydrogen-bond acceptors (Lipinski definition) is 6. The maximum atomic E-state index is 12.6. The van der Waals surface area contributed by atoms with Crippen molar-refractivity contribution in [1.29, 1.82) is 0 Å². The molecule has 0 radical (unpaired) electrons. The van der Waals surface area contributed by atoms with Crippen LogP contribution in [0.15, 0.2) is 53.4 Å². The standard InChI is InChI=1S/C20H17NO5S/c1-25-16-8-6-13(7-9-16)11-17-18(22)21(20(24)27-17)12-14-4-3-5-15(10-14)19(23)26-2/h3-11H,12H2,1-2H3/b17-11+. The lowest BCUT2D eigenvalue weighted by Gasteiger charge is -2.13. The van der Waals surface area contributed by atoms with Gasteiger partial charge in [-0.15, -0.1) is 0 Å². The van der Waals surface area contributed by atoms with Gasteiger partial charge in [0, 0.05) is 0 Å². The van der Waals surface area contributed by atoms with E-state index in [0.29, 0.717) is 21.8 Å². The van der Waals surface area contributed by atoms with Gasteiger partial charge in [0.05, 0.1) is 31.2 Å². The molecule has 0 aromatic heterocycles. The third kappa shape index (κ3) is 4.20. The predicted octanol–water partition coefficient (Wildman–Crippen LogP) is 3.72. The summed E-state index contributed by atoms with van der Waals surface area (Å²) in [5.74, 6) is -0.111. The SMILES string of the molecule is COC(=O)c1cccc(CN2C(=O)S/C(=C/c3ccc(OC)cc3)C2=O)c1. The lowest BCUT2D eigenvalue weighted by atomic mass is 10.1. The van der Waals surface area contributed by atoms with Gasteiger partial charge >= 0.3 is 5.97 Å². The normalized spacial score (nSPS) is 15.3. The molecule has 1 saturated heterocycles. The number of hydrogen-bond donors (Lipinski definition) is 0. The van der Waals surface area contributed by atoms with Crippen LogP contribution >= 0.6 is 11.8 Å². The minimum absolute atomic E-state index is 0.0927. The van der Waals surface area contributed by atoms with Gasteiger partial charge in [-0.1, -0.05) is 24.3 Å². The van der Waals surface area contributed by atoms with E-state index in [0.717, 1.165) is 22.2 Å². The number of carbonyl (C=O) groups excluding carboxylic acids is 3. The fourth-order valence-electron chi connectivity index (χ4n) is 2.58. The van der Waals surface area contributed by atoms with Gasteiger partial charge in [-0.3, -0.25) is 14.5 Å². The molecule has 1 aliphatic rings. The van der Waals surface area contributed by atoms with Gasteiger partial charge in [0.25, 0.3) is 11.1 Å². The maximum absolute atomic E-state index is 12.6. The zero-order valence-electron chi connectivity index (χ0n) is 14.8. The Bertz CT molecular complexity index is 920. The Morgan fingerprint density at radius 2 is 1.85 bits per heavy atom. The highest BCUT2D eigenvalue weighted by atomic mass is 32.2. The fraction of sp³-hybridized carbons (Fsp3) is 0.150. The van der Waals surface area contributed by atoms with E-state index in [-0.39, 0.29) is 17.7 Å². The topological polar surface area (TPSA) is 72.9 Å². The zero-order chi connectivity index (χ0) is 19.4. The first-order valence-electron chi connectivity index (χ1n) is 8.08. The maximum Gasteiger partial charge on any atom is 0.337 e. The highest BCUT2D eigenvalue weighted by Crippen LogP contribution is 2.33. The smallest absolute Gasteiger partial charge is 0.337 e.